The van der Waals surface area contributed by atoms with Gasteiger partial charge in [-0.1, -0.05) is 60.7 Å². The highest BCUT2D eigenvalue weighted by Gasteiger charge is 2.30. The Labute approximate surface area is 235 Å². The first-order chi connectivity index (χ1) is 19.9. The second-order valence-corrected chi connectivity index (χ2v) is 10.0. The van der Waals surface area contributed by atoms with E-state index >= 15 is 0 Å². The molecule has 1 N–H and O–H groups in total. The maximum absolute atomic E-state index is 13.1. The molecule has 210 valence electrons. The number of nitrogens with zero attached hydrogens (tertiary/aromatic N) is 5. The molecule has 0 amide bonds. The molecule has 1 saturated heterocycles. The molecule has 3 heterocycles. The molecule has 1 atom stereocenters. The summed E-state index contributed by atoms with van der Waals surface area (Å²) in [6, 6.07) is 25.0. The minimum absolute atomic E-state index is 0.202. The number of alkyl halides is 3. The van der Waals surface area contributed by atoms with Crippen LogP contribution in [0, 0.1) is 0 Å². The lowest BCUT2D eigenvalue weighted by Gasteiger charge is -2.26. The molecule has 5 aromatic rings. The normalized spacial score (nSPS) is 15.6. The standard InChI is InChI=1S/C31H29F3N6O/c32-31(33,34)24-14-16-25(17-15-24)36-30-37-28(27-29(38-30)40(21-35-27)26-13-7-8-18-41-26)39(19-22-9-3-1-4-10-22)20-23-11-5-2-6-12-23/h1-6,9-12,14-17,21,26H,7-8,13,18-20H2,(H,36,37,38). The number of aromatic nitrogens is 4. The molecule has 3 aromatic carbocycles. The van der Waals surface area contributed by atoms with E-state index in [1.807, 2.05) is 41.0 Å². The molecule has 0 aliphatic carbocycles. The zero-order valence-corrected chi connectivity index (χ0v) is 22.3. The van der Waals surface area contributed by atoms with Crippen molar-refractivity contribution in [3.63, 3.8) is 0 Å². The quantitative estimate of drug-likeness (QED) is 0.213. The Kier molecular flexibility index (Phi) is 7.56. The molecule has 1 unspecified atom stereocenters. The molecule has 0 saturated carbocycles. The molecule has 7 nitrogen and oxygen atoms in total. The molecule has 6 rings (SSSR count). The Morgan fingerprint density at radius 3 is 2.10 bits per heavy atom. The van der Waals surface area contributed by atoms with Gasteiger partial charge in [-0.3, -0.25) is 4.57 Å². The zero-order chi connectivity index (χ0) is 28.2. The summed E-state index contributed by atoms with van der Waals surface area (Å²) in [5.41, 5.74) is 3.15. The number of hydrogen-bond acceptors (Lipinski definition) is 6. The highest BCUT2D eigenvalue weighted by molar-refractivity contribution is 5.85. The van der Waals surface area contributed by atoms with E-state index < -0.39 is 11.7 Å². The molecular weight excluding hydrogens is 529 g/mol. The van der Waals surface area contributed by atoms with Crippen molar-refractivity contribution in [1.82, 2.24) is 19.5 Å². The van der Waals surface area contributed by atoms with Gasteiger partial charge in [0.1, 0.15) is 6.23 Å². The van der Waals surface area contributed by atoms with E-state index in [0.29, 0.717) is 42.4 Å². The highest BCUT2D eigenvalue weighted by Crippen LogP contribution is 2.33. The Morgan fingerprint density at radius 2 is 1.51 bits per heavy atom. The largest absolute Gasteiger partial charge is 0.416 e. The van der Waals surface area contributed by atoms with Gasteiger partial charge in [-0.15, -0.1) is 0 Å². The molecule has 1 aliphatic rings. The second-order valence-electron chi connectivity index (χ2n) is 10.0. The van der Waals surface area contributed by atoms with Crippen molar-refractivity contribution in [2.24, 2.45) is 0 Å². The number of imidazole rings is 1. The Balaban J connectivity index is 1.44. The third-order valence-corrected chi connectivity index (χ3v) is 7.07. The smallest absolute Gasteiger partial charge is 0.358 e. The lowest BCUT2D eigenvalue weighted by molar-refractivity contribution is -0.137. The number of hydrogen-bond donors (Lipinski definition) is 1. The van der Waals surface area contributed by atoms with E-state index in [-0.39, 0.29) is 12.2 Å². The summed E-state index contributed by atoms with van der Waals surface area (Å²) in [5.74, 6) is 0.877. The van der Waals surface area contributed by atoms with Crippen molar-refractivity contribution in [1.29, 1.82) is 0 Å². The third kappa shape index (κ3) is 6.17. The predicted molar refractivity (Wildman–Crippen MR) is 152 cm³/mol. The van der Waals surface area contributed by atoms with Gasteiger partial charge in [-0.05, 0) is 54.7 Å². The average Bonchev–Trinajstić information content (AvgIpc) is 3.42. The Hall–Kier alpha value is -4.44. The molecule has 0 radical (unpaired) electrons. The zero-order valence-electron chi connectivity index (χ0n) is 22.3. The number of halogens is 3. The van der Waals surface area contributed by atoms with Gasteiger partial charge in [-0.25, -0.2) is 4.98 Å². The van der Waals surface area contributed by atoms with Crippen LogP contribution >= 0.6 is 0 Å². The van der Waals surface area contributed by atoms with Crippen LogP contribution in [0.4, 0.5) is 30.6 Å². The molecule has 0 bridgehead atoms. The van der Waals surface area contributed by atoms with E-state index in [2.05, 4.69) is 34.5 Å². The van der Waals surface area contributed by atoms with Crippen molar-refractivity contribution in [2.45, 2.75) is 44.8 Å². The van der Waals surface area contributed by atoms with Crippen LogP contribution < -0.4 is 10.2 Å². The van der Waals surface area contributed by atoms with Gasteiger partial charge in [0.2, 0.25) is 5.95 Å². The molecule has 1 aliphatic heterocycles. The van der Waals surface area contributed by atoms with Gasteiger partial charge in [0, 0.05) is 25.4 Å². The van der Waals surface area contributed by atoms with Crippen LogP contribution in [0.15, 0.2) is 91.3 Å². The first-order valence-corrected chi connectivity index (χ1v) is 13.6. The van der Waals surface area contributed by atoms with Gasteiger partial charge in [0.15, 0.2) is 17.0 Å². The van der Waals surface area contributed by atoms with Crippen molar-refractivity contribution in [3.05, 3.63) is 108 Å². The van der Waals surface area contributed by atoms with Gasteiger partial charge < -0.3 is 15.0 Å². The van der Waals surface area contributed by atoms with Crippen LogP contribution in [0.5, 0.6) is 0 Å². The maximum atomic E-state index is 13.1. The molecule has 1 fully saturated rings. The summed E-state index contributed by atoms with van der Waals surface area (Å²) in [7, 11) is 0. The van der Waals surface area contributed by atoms with Crippen LogP contribution in [0.2, 0.25) is 0 Å². The van der Waals surface area contributed by atoms with Gasteiger partial charge in [0.25, 0.3) is 0 Å². The molecular formula is C31H29F3N6O. The minimum Gasteiger partial charge on any atom is -0.358 e. The van der Waals surface area contributed by atoms with Crippen LogP contribution in [-0.2, 0) is 24.0 Å². The third-order valence-electron chi connectivity index (χ3n) is 7.07. The van der Waals surface area contributed by atoms with Crippen molar-refractivity contribution in [2.75, 3.05) is 16.8 Å². The number of fused-ring (bicyclic) bond motifs is 1. The van der Waals surface area contributed by atoms with Crippen molar-refractivity contribution >= 4 is 28.6 Å². The molecule has 2 aromatic heterocycles. The van der Waals surface area contributed by atoms with Crippen LogP contribution in [0.25, 0.3) is 11.2 Å². The number of nitrogens with one attached hydrogen (secondary N) is 1. The number of benzene rings is 3. The first-order valence-electron chi connectivity index (χ1n) is 13.6. The predicted octanol–water partition coefficient (Wildman–Crippen LogP) is 7.49. The van der Waals surface area contributed by atoms with E-state index in [1.54, 1.807) is 6.33 Å². The summed E-state index contributed by atoms with van der Waals surface area (Å²) in [6.07, 6.45) is 0.00286. The van der Waals surface area contributed by atoms with Crippen LogP contribution in [0.1, 0.15) is 42.2 Å². The summed E-state index contributed by atoms with van der Waals surface area (Å²) >= 11 is 0. The minimum atomic E-state index is -4.41. The van der Waals surface area contributed by atoms with Crippen LogP contribution in [0.3, 0.4) is 0 Å². The van der Waals surface area contributed by atoms with Gasteiger partial charge in [0.05, 0.1) is 11.9 Å². The lowest BCUT2D eigenvalue weighted by Crippen LogP contribution is -2.24. The molecule has 10 heteroatoms. The maximum Gasteiger partial charge on any atom is 0.416 e. The lowest BCUT2D eigenvalue weighted by atomic mass is 10.1. The number of rotatable bonds is 8. The highest BCUT2D eigenvalue weighted by atomic mass is 19.4. The van der Waals surface area contributed by atoms with Gasteiger partial charge in [-0.2, -0.15) is 23.1 Å². The fourth-order valence-electron chi connectivity index (χ4n) is 5.02. The summed E-state index contributed by atoms with van der Waals surface area (Å²) < 4.78 is 47.4. The van der Waals surface area contributed by atoms with E-state index in [0.717, 1.165) is 42.5 Å². The first kappa shape index (κ1) is 26.8. The SMILES string of the molecule is FC(F)(F)c1ccc(Nc2nc(N(Cc3ccccc3)Cc3ccccc3)c3ncn(C4CCCCO4)c3n2)cc1. The summed E-state index contributed by atoms with van der Waals surface area (Å²) in [5, 5.41) is 3.12. The fraction of sp³-hybridized carbons (Fsp3) is 0.258. The topological polar surface area (TPSA) is 68.1 Å². The average molecular weight is 559 g/mol. The Bertz CT molecular complexity index is 1540. The monoisotopic (exact) mass is 558 g/mol. The fourth-order valence-corrected chi connectivity index (χ4v) is 5.02. The van der Waals surface area contributed by atoms with E-state index in [4.69, 9.17) is 19.7 Å². The molecule has 41 heavy (non-hydrogen) atoms. The van der Waals surface area contributed by atoms with E-state index in [1.165, 1.54) is 12.1 Å². The van der Waals surface area contributed by atoms with Crippen molar-refractivity contribution < 1.29 is 17.9 Å². The summed E-state index contributed by atoms with van der Waals surface area (Å²) in [4.78, 5) is 16.6. The number of anilines is 3. The molecule has 0 spiro atoms. The Morgan fingerprint density at radius 1 is 0.854 bits per heavy atom. The van der Waals surface area contributed by atoms with Crippen molar-refractivity contribution in [3.8, 4) is 0 Å². The number of ether oxygens (including phenoxy) is 1. The summed E-state index contributed by atoms with van der Waals surface area (Å²) in [6.45, 7) is 1.79. The second kappa shape index (κ2) is 11.6. The van der Waals surface area contributed by atoms with Crippen LogP contribution in [-0.4, -0.2) is 26.1 Å². The van der Waals surface area contributed by atoms with E-state index in [9.17, 15) is 13.2 Å². The van der Waals surface area contributed by atoms with Gasteiger partial charge >= 0.3 is 6.18 Å².